The Morgan fingerprint density at radius 3 is 2.26 bits per heavy atom. The van der Waals surface area contributed by atoms with Crippen LogP contribution in [-0.2, 0) is 16.6 Å². The van der Waals surface area contributed by atoms with Gasteiger partial charge in [0.25, 0.3) is 0 Å². The molecule has 0 spiro atoms. The normalized spacial score (nSPS) is 13.2. The van der Waals surface area contributed by atoms with Gasteiger partial charge in [-0.25, -0.2) is 13.1 Å². The van der Waals surface area contributed by atoms with Crippen LogP contribution in [0.2, 0.25) is 0 Å². The highest BCUT2D eigenvalue weighted by Gasteiger charge is 2.11. The molecule has 0 radical (unpaired) electrons. The third-order valence-electron chi connectivity index (χ3n) is 4.17. The number of benzene rings is 2. The number of hydrogen-bond donors (Lipinski definition) is 3. The molecule has 146 valence electrons. The van der Waals surface area contributed by atoms with Gasteiger partial charge in [0.05, 0.1) is 5.75 Å². The van der Waals surface area contributed by atoms with Crippen molar-refractivity contribution in [3.63, 3.8) is 0 Å². The van der Waals surface area contributed by atoms with E-state index in [0.29, 0.717) is 25.0 Å². The Morgan fingerprint density at radius 2 is 1.63 bits per heavy atom. The summed E-state index contributed by atoms with van der Waals surface area (Å²) in [5.74, 6) is 0.895. The van der Waals surface area contributed by atoms with Gasteiger partial charge in [0.1, 0.15) is 0 Å². The second-order valence-electron chi connectivity index (χ2n) is 6.32. The second kappa shape index (κ2) is 10.7. The minimum atomic E-state index is -3.35. The molecule has 2 aromatic rings. The zero-order valence-corrected chi connectivity index (χ0v) is 16.7. The zero-order valence-electron chi connectivity index (χ0n) is 15.9. The van der Waals surface area contributed by atoms with Crippen LogP contribution in [0.3, 0.4) is 0 Å². The second-order valence-corrected chi connectivity index (χ2v) is 8.24. The van der Waals surface area contributed by atoms with E-state index in [2.05, 4.69) is 39.4 Å². The summed E-state index contributed by atoms with van der Waals surface area (Å²) in [6.45, 7) is 3.42. The summed E-state index contributed by atoms with van der Waals surface area (Å²) in [4.78, 5) is 4.15. The molecule has 0 bridgehead atoms. The fourth-order valence-corrected chi connectivity index (χ4v) is 3.44. The predicted molar refractivity (Wildman–Crippen MR) is 111 cm³/mol. The average molecular weight is 389 g/mol. The van der Waals surface area contributed by atoms with Gasteiger partial charge in [-0.1, -0.05) is 67.6 Å². The lowest BCUT2D eigenvalue weighted by atomic mass is 10.0. The number of rotatable bonds is 9. The minimum absolute atomic E-state index is 0.0191. The lowest BCUT2D eigenvalue weighted by Crippen LogP contribution is -2.42. The third kappa shape index (κ3) is 7.80. The maximum Gasteiger partial charge on any atom is 0.213 e. The molecule has 0 heterocycles. The Hall–Kier alpha value is -2.38. The maximum atomic E-state index is 12.1. The quantitative estimate of drug-likeness (QED) is 0.454. The van der Waals surface area contributed by atoms with E-state index < -0.39 is 10.0 Å². The maximum absolute atomic E-state index is 12.1. The number of nitrogens with zero attached hydrogens (tertiary/aromatic N) is 1. The summed E-state index contributed by atoms with van der Waals surface area (Å²) in [5, 5.41) is 6.29. The van der Waals surface area contributed by atoms with Crippen molar-refractivity contribution in [2.45, 2.75) is 19.4 Å². The summed E-state index contributed by atoms with van der Waals surface area (Å²) in [7, 11) is -1.68. The van der Waals surface area contributed by atoms with E-state index in [1.54, 1.807) is 7.05 Å². The van der Waals surface area contributed by atoms with Gasteiger partial charge in [0.2, 0.25) is 10.0 Å². The summed E-state index contributed by atoms with van der Waals surface area (Å²) in [5.41, 5.74) is 2.18. The first-order valence-electron chi connectivity index (χ1n) is 9.01. The molecular formula is C20H28N4O2S. The van der Waals surface area contributed by atoms with Crippen molar-refractivity contribution in [1.29, 1.82) is 0 Å². The van der Waals surface area contributed by atoms with E-state index in [0.717, 1.165) is 5.56 Å². The Bertz CT molecular complexity index is 808. The van der Waals surface area contributed by atoms with Gasteiger partial charge in [0.15, 0.2) is 5.96 Å². The van der Waals surface area contributed by atoms with Crippen LogP contribution in [0.15, 0.2) is 65.7 Å². The SMILES string of the molecule is CN=C(NCCS(=O)(=O)NCc1ccccc1)NCC(C)c1ccccc1. The predicted octanol–water partition coefficient (Wildman–Crippen LogP) is 2.07. The summed E-state index contributed by atoms with van der Waals surface area (Å²) in [6, 6.07) is 19.7. The van der Waals surface area contributed by atoms with Gasteiger partial charge in [-0.05, 0) is 17.0 Å². The van der Waals surface area contributed by atoms with Gasteiger partial charge in [-0.2, -0.15) is 0 Å². The lowest BCUT2D eigenvalue weighted by Gasteiger charge is -2.16. The van der Waals surface area contributed by atoms with Crippen molar-refractivity contribution in [2.24, 2.45) is 4.99 Å². The van der Waals surface area contributed by atoms with Gasteiger partial charge < -0.3 is 10.6 Å². The molecule has 0 saturated carbocycles. The largest absolute Gasteiger partial charge is 0.356 e. The lowest BCUT2D eigenvalue weighted by molar-refractivity contribution is 0.579. The van der Waals surface area contributed by atoms with Crippen molar-refractivity contribution in [1.82, 2.24) is 15.4 Å². The molecule has 7 heteroatoms. The van der Waals surface area contributed by atoms with E-state index in [1.807, 2.05) is 48.5 Å². The first kappa shape index (κ1) is 20.9. The van der Waals surface area contributed by atoms with Crippen molar-refractivity contribution in [3.05, 3.63) is 71.8 Å². The molecule has 0 aliphatic carbocycles. The number of guanidine groups is 1. The Labute approximate surface area is 162 Å². The van der Waals surface area contributed by atoms with E-state index in [-0.39, 0.29) is 12.3 Å². The topological polar surface area (TPSA) is 82.6 Å². The zero-order chi connectivity index (χ0) is 19.5. The monoisotopic (exact) mass is 388 g/mol. The van der Waals surface area contributed by atoms with Crippen molar-refractivity contribution in [3.8, 4) is 0 Å². The number of hydrogen-bond acceptors (Lipinski definition) is 3. The first-order valence-corrected chi connectivity index (χ1v) is 10.7. The van der Waals surface area contributed by atoms with Gasteiger partial charge in [-0.15, -0.1) is 0 Å². The van der Waals surface area contributed by atoms with Crippen LogP contribution in [0.5, 0.6) is 0 Å². The molecule has 0 aliphatic heterocycles. The smallest absolute Gasteiger partial charge is 0.213 e. The Balaban J connectivity index is 1.72. The first-order chi connectivity index (χ1) is 13.0. The van der Waals surface area contributed by atoms with Crippen LogP contribution in [0.1, 0.15) is 24.0 Å². The fourth-order valence-electron chi connectivity index (χ4n) is 2.53. The van der Waals surface area contributed by atoms with Crippen LogP contribution in [-0.4, -0.2) is 40.3 Å². The molecule has 27 heavy (non-hydrogen) atoms. The summed E-state index contributed by atoms with van der Waals surface area (Å²) < 4.78 is 26.8. The van der Waals surface area contributed by atoms with Crippen LogP contribution >= 0.6 is 0 Å². The highest BCUT2D eigenvalue weighted by atomic mass is 32.2. The van der Waals surface area contributed by atoms with Crippen molar-refractivity contribution in [2.75, 3.05) is 25.9 Å². The highest BCUT2D eigenvalue weighted by Crippen LogP contribution is 2.12. The number of aliphatic imine (C=N–C) groups is 1. The Morgan fingerprint density at radius 1 is 1.00 bits per heavy atom. The standard InChI is InChI=1S/C20H28N4O2S/c1-17(19-11-7-4-8-12-19)15-23-20(21-2)22-13-14-27(25,26)24-16-18-9-5-3-6-10-18/h3-12,17,24H,13-16H2,1-2H3,(H2,21,22,23). The molecular weight excluding hydrogens is 360 g/mol. The molecule has 6 nitrogen and oxygen atoms in total. The molecule has 3 N–H and O–H groups in total. The number of sulfonamides is 1. The fraction of sp³-hybridized carbons (Fsp3) is 0.350. The van der Waals surface area contributed by atoms with E-state index in [9.17, 15) is 8.42 Å². The molecule has 1 atom stereocenters. The molecule has 0 amide bonds. The van der Waals surface area contributed by atoms with Crippen LogP contribution < -0.4 is 15.4 Å². The third-order valence-corrected chi connectivity index (χ3v) is 5.50. The van der Waals surface area contributed by atoms with Gasteiger partial charge in [-0.3, -0.25) is 4.99 Å². The molecule has 0 aliphatic rings. The molecule has 0 fully saturated rings. The van der Waals surface area contributed by atoms with Gasteiger partial charge >= 0.3 is 0 Å². The van der Waals surface area contributed by atoms with E-state index in [4.69, 9.17) is 0 Å². The minimum Gasteiger partial charge on any atom is -0.356 e. The molecule has 2 aromatic carbocycles. The molecule has 0 aromatic heterocycles. The van der Waals surface area contributed by atoms with Crippen molar-refractivity contribution >= 4 is 16.0 Å². The molecule has 0 saturated heterocycles. The van der Waals surface area contributed by atoms with E-state index in [1.165, 1.54) is 5.56 Å². The van der Waals surface area contributed by atoms with Crippen LogP contribution in [0, 0.1) is 0 Å². The number of nitrogens with one attached hydrogen (secondary N) is 3. The van der Waals surface area contributed by atoms with Crippen LogP contribution in [0.4, 0.5) is 0 Å². The summed E-state index contributed by atoms with van der Waals surface area (Å²) >= 11 is 0. The average Bonchev–Trinajstić information content (AvgIpc) is 2.70. The highest BCUT2D eigenvalue weighted by molar-refractivity contribution is 7.89. The summed E-state index contributed by atoms with van der Waals surface area (Å²) in [6.07, 6.45) is 0. The Kier molecular flexibility index (Phi) is 8.29. The molecule has 2 rings (SSSR count). The van der Waals surface area contributed by atoms with Crippen LogP contribution in [0.25, 0.3) is 0 Å². The van der Waals surface area contributed by atoms with Gasteiger partial charge in [0, 0.05) is 26.7 Å². The van der Waals surface area contributed by atoms with E-state index >= 15 is 0 Å². The molecule has 1 unspecified atom stereocenters. The van der Waals surface area contributed by atoms with Crippen molar-refractivity contribution < 1.29 is 8.42 Å².